The van der Waals surface area contributed by atoms with Gasteiger partial charge in [0.25, 0.3) is 11.6 Å². The number of nitrogens with two attached hydrogens (primary N) is 1. The topological polar surface area (TPSA) is 140 Å². The number of rotatable bonds is 5. The number of methoxy groups -OCH3 is 1. The Hall–Kier alpha value is -3.62. The second-order valence-electron chi connectivity index (χ2n) is 4.69. The van der Waals surface area contributed by atoms with Gasteiger partial charge in [0.15, 0.2) is 0 Å². The molecule has 24 heavy (non-hydrogen) atoms. The van der Waals surface area contributed by atoms with Crippen LogP contribution in [0.2, 0.25) is 0 Å². The van der Waals surface area contributed by atoms with Gasteiger partial charge in [0.1, 0.15) is 11.5 Å². The lowest BCUT2D eigenvalue weighted by Crippen LogP contribution is -2.18. The van der Waals surface area contributed by atoms with Gasteiger partial charge in [-0.25, -0.2) is 5.43 Å². The van der Waals surface area contributed by atoms with E-state index in [4.69, 9.17) is 10.5 Å². The lowest BCUT2D eigenvalue weighted by molar-refractivity contribution is -0.384. The van der Waals surface area contributed by atoms with Gasteiger partial charge in [-0.15, -0.1) is 0 Å². The fourth-order valence-corrected chi connectivity index (χ4v) is 1.86. The number of nitrogens with one attached hydrogen (secondary N) is 1. The van der Waals surface area contributed by atoms with Crippen molar-refractivity contribution in [3.8, 4) is 11.5 Å². The minimum atomic E-state index is -0.677. The highest BCUT2D eigenvalue weighted by atomic mass is 16.6. The summed E-state index contributed by atoms with van der Waals surface area (Å²) in [7, 11) is 1.47. The highest BCUT2D eigenvalue weighted by molar-refractivity contribution is 5.96. The SMILES string of the molecule is COc1ccc(O)c(C=NNC(=O)c2cc(N)cc([N+](=O)[O-])c2)c1. The zero-order valence-corrected chi connectivity index (χ0v) is 12.6. The Morgan fingerprint density at radius 2 is 2.12 bits per heavy atom. The number of amides is 1. The fraction of sp³-hybridized carbons (Fsp3) is 0.0667. The van der Waals surface area contributed by atoms with Gasteiger partial charge in [0, 0.05) is 23.4 Å². The summed E-state index contributed by atoms with van der Waals surface area (Å²) in [6.45, 7) is 0. The number of hydrogen-bond acceptors (Lipinski definition) is 7. The fourth-order valence-electron chi connectivity index (χ4n) is 1.86. The van der Waals surface area contributed by atoms with E-state index < -0.39 is 10.8 Å². The molecule has 0 radical (unpaired) electrons. The number of phenolic OH excluding ortho intramolecular Hbond substituents is 1. The van der Waals surface area contributed by atoms with Crippen LogP contribution in [0.3, 0.4) is 0 Å². The number of nitro groups is 1. The highest BCUT2D eigenvalue weighted by Crippen LogP contribution is 2.21. The van der Waals surface area contributed by atoms with E-state index in [0.29, 0.717) is 11.3 Å². The van der Waals surface area contributed by atoms with Gasteiger partial charge >= 0.3 is 0 Å². The summed E-state index contributed by atoms with van der Waals surface area (Å²) in [4.78, 5) is 22.1. The van der Waals surface area contributed by atoms with Crippen LogP contribution in [0.4, 0.5) is 11.4 Å². The minimum Gasteiger partial charge on any atom is -0.507 e. The minimum absolute atomic E-state index is 0.00582. The monoisotopic (exact) mass is 330 g/mol. The van der Waals surface area contributed by atoms with Gasteiger partial charge in [-0.1, -0.05) is 0 Å². The molecule has 2 aromatic rings. The quantitative estimate of drug-likeness (QED) is 0.329. The number of nitro benzene ring substituents is 1. The molecule has 0 aliphatic rings. The maximum absolute atomic E-state index is 12.0. The molecule has 0 aromatic heterocycles. The largest absolute Gasteiger partial charge is 0.507 e. The molecule has 4 N–H and O–H groups in total. The van der Waals surface area contributed by atoms with E-state index in [1.54, 1.807) is 6.07 Å². The van der Waals surface area contributed by atoms with Crippen LogP contribution in [-0.2, 0) is 0 Å². The zero-order chi connectivity index (χ0) is 17.7. The van der Waals surface area contributed by atoms with Crippen LogP contribution >= 0.6 is 0 Å². The molecule has 0 atom stereocenters. The molecule has 2 rings (SSSR count). The van der Waals surface area contributed by atoms with Crippen molar-refractivity contribution >= 4 is 23.5 Å². The highest BCUT2D eigenvalue weighted by Gasteiger charge is 2.13. The van der Waals surface area contributed by atoms with Crippen molar-refractivity contribution in [2.24, 2.45) is 5.10 Å². The van der Waals surface area contributed by atoms with Crippen molar-refractivity contribution in [2.45, 2.75) is 0 Å². The van der Waals surface area contributed by atoms with Crippen LogP contribution in [0.25, 0.3) is 0 Å². The molecule has 0 heterocycles. The number of hydrazone groups is 1. The maximum atomic E-state index is 12.0. The molecule has 2 aromatic carbocycles. The maximum Gasteiger partial charge on any atom is 0.272 e. The summed E-state index contributed by atoms with van der Waals surface area (Å²) < 4.78 is 5.02. The molecule has 0 saturated carbocycles. The number of nitrogen functional groups attached to an aromatic ring is 1. The van der Waals surface area contributed by atoms with E-state index in [-0.39, 0.29) is 22.7 Å². The summed E-state index contributed by atoms with van der Waals surface area (Å²) in [6.07, 6.45) is 1.22. The van der Waals surface area contributed by atoms with E-state index in [1.807, 2.05) is 0 Å². The molecular weight excluding hydrogens is 316 g/mol. The average Bonchev–Trinajstić information content (AvgIpc) is 2.55. The van der Waals surface area contributed by atoms with Crippen LogP contribution in [0.1, 0.15) is 15.9 Å². The van der Waals surface area contributed by atoms with Crippen molar-refractivity contribution in [3.63, 3.8) is 0 Å². The normalized spacial score (nSPS) is 10.5. The summed E-state index contributed by atoms with van der Waals surface area (Å²) in [5, 5.41) is 24.2. The van der Waals surface area contributed by atoms with E-state index in [1.165, 1.54) is 31.5 Å². The van der Waals surface area contributed by atoms with Gasteiger partial charge in [0.2, 0.25) is 0 Å². The first-order chi connectivity index (χ1) is 11.4. The number of aromatic hydroxyl groups is 1. The molecular formula is C15H14N4O5. The smallest absolute Gasteiger partial charge is 0.272 e. The Morgan fingerprint density at radius 1 is 1.38 bits per heavy atom. The Morgan fingerprint density at radius 3 is 2.79 bits per heavy atom. The van der Waals surface area contributed by atoms with Crippen molar-refractivity contribution in [1.29, 1.82) is 0 Å². The number of phenols is 1. The summed E-state index contributed by atoms with van der Waals surface area (Å²) in [5.41, 5.74) is 7.85. The second kappa shape index (κ2) is 7.09. The molecule has 9 nitrogen and oxygen atoms in total. The Bertz CT molecular complexity index is 820. The van der Waals surface area contributed by atoms with Crippen molar-refractivity contribution < 1.29 is 19.6 Å². The average molecular weight is 330 g/mol. The van der Waals surface area contributed by atoms with E-state index in [2.05, 4.69) is 10.5 Å². The summed E-state index contributed by atoms with van der Waals surface area (Å²) in [6, 6.07) is 8.04. The molecule has 0 unspecified atom stereocenters. The Labute approximate surface area is 136 Å². The van der Waals surface area contributed by atoms with Gasteiger partial charge < -0.3 is 15.6 Å². The molecule has 1 amide bonds. The Balaban J connectivity index is 2.15. The Kier molecular flexibility index (Phi) is 4.95. The lowest BCUT2D eigenvalue weighted by Gasteiger charge is -2.04. The summed E-state index contributed by atoms with van der Waals surface area (Å²) in [5.74, 6) is -0.218. The number of anilines is 1. The van der Waals surface area contributed by atoms with Crippen LogP contribution in [0.5, 0.6) is 11.5 Å². The number of carbonyl (C=O) groups is 1. The van der Waals surface area contributed by atoms with Gasteiger partial charge in [-0.2, -0.15) is 5.10 Å². The second-order valence-corrected chi connectivity index (χ2v) is 4.69. The predicted octanol–water partition coefficient (Wildman–Crippen LogP) is 1.66. The number of nitrogens with zero attached hydrogens (tertiary/aromatic N) is 2. The molecule has 0 aliphatic heterocycles. The number of ether oxygens (including phenoxy) is 1. The third-order valence-corrected chi connectivity index (χ3v) is 3.02. The van der Waals surface area contributed by atoms with E-state index in [9.17, 15) is 20.0 Å². The molecule has 0 fully saturated rings. The van der Waals surface area contributed by atoms with Crippen molar-refractivity contribution in [1.82, 2.24) is 5.43 Å². The van der Waals surface area contributed by atoms with Crippen molar-refractivity contribution in [3.05, 3.63) is 57.6 Å². The molecule has 0 aliphatic carbocycles. The first-order valence-corrected chi connectivity index (χ1v) is 6.66. The lowest BCUT2D eigenvalue weighted by atomic mass is 10.1. The van der Waals surface area contributed by atoms with Crippen LogP contribution < -0.4 is 15.9 Å². The number of benzene rings is 2. The van der Waals surface area contributed by atoms with Crippen LogP contribution in [0, 0.1) is 10.1 Å². The zero-order valence-electron chi connectivity index (χ0n) is 12.6. The molecule has 124 valence electrons. The number of non-ortho nitro benzene ring substituents is 1. The van der Waals surface area contributed by atoms with Gasteiger partial charge in [0.05, 0.1) is 23.8 Å². The first-order valence-electron chi connectivity index (χ1n) is 6.66. The third-order valence-electron chi connectivity index (χ3n) is 3.02. The van der Waals surface area contributed by atoms with E-state index >= 15 is 0 Å². The first kappa shape index (κ1) is 16.7. The third kappa shape index (κ3) is 3.97. The molecule has 0 bridgehead atoms. The van der Waals surface area contributed by atoms with Crippen LogP contribution in [-0.4, -0.2) is 29.3 Å². The van der Waals surface area contributed by atoms with Gasteiger partial charge in [-0.3, -0.25) is 14.9 Å². The van der Waals surface area contributed by atoms with Gasteiger partial charge in [-0.05, 0) is 24.3 Å². The molecule has 0 saturated heterocycles. The standard InChI is InChI=1S/C15H14N4O5/c1-24-13-2-3-14(20)10(6-13)8-17-18-15(21)9-4-11(16)7-12(5-9)19(22)23/h2-8,20H,16H2,1H3,(H,18,21). The molecule has 0 spiro atoms. The number of carbonyl (C=O) groups excluding carboxylic acids is 1. The van der Waals surface area contributed by atoms with Crippen molar-refractivity contribution in [2.75, 3.05) is 12.8 Å². The van der Waals surface area contributed by atoms with Crippen LogP contribution in [0.15, 0.2) is 41.5 Å². The summed E-state index contributed by atoms with van der Waals surface area (Å²) >= 11 is 0. The molecule has 9 heteroatoms. The van der Waals surface area contributed by atoms with E-state index in [0.717, 1.165) is 12.1 Å². The predicted molar refractivity (Wildman–Crippen MR) is 87.2 cm³/mol. The number of hydrogen-bond donors (Lipinski definition) is 3.